The van der Waals surface area contributed by atoms with E-state index in [1.165, 1.54) is 0 Å². The van der Waals surface area contributed by atoms with E-state index in [0.29, 0.717) is 16.7 Å². The fraction of sp³-hybridized carbons (Fsp3) is 0. The summed E-state index contributed by atoms with van der Waals surface area (Å²) in [6.07, 6.45) is 0. The SMILES string of the molecule is Oc1c(O)c(O)c(-c2cc(-c3ccccc3)c3c(c2)c2ccccc2n3-c2cccc3oc4cccc(-c5cc(-c6ccccc6)cc(-c6ccccc6)n5)c4c23)c(O)c1O. The van der Waals surface area contributed by atoms with Crippen molar-refractivity contribution in [1.29, 1.82) is 0 Å². The third-order valence-corrected chi connectivity index (χ3v) is 11.5. The summed E-state index contributed by atoms with van der Waals surface area (Å²) in [5.74, 6) is -4.43. The van der Waals surface area contributed by atoms with Gasteiger partial charge in [-0.2, -0.15) is 0 Å². The Balaban J connectivity index is 1.24. The maximum Gasteiger partial charge on any atom is 0.208 e. The van der Waals surface area contributed by atoms with Gasteiger partial charge in [-0.25, -0.2) is 4.98 Å². The molecule has 0 aliphatic carbocycles. The summed E-state index contributed by atoms with van der Waals surface area (Å²) >= 11 is 0. The molecular formula is C53H34N2O6. The molecule has 8 aromatic carbocycles. The Morgan fingerprint density at radius 2 is 0.967 bits per heavy atom. The molecule has 0 aliphatic heterocycles. The van der Waals surface area contributed by atoms with Gasteiger partial charge in [0.15, 0.2) is 11.5 Å². The summed E-state index contributed by atoms with van der Waals surface area (Å²) in [7, 11) is 0. The van der Waals surface area contributed by atoms with Crippen molar-refractivity contribution in [3.63, 3.8) is 0 Å². The summed E-state index contributed by atoms with van der Waals surface area (Å²) in [4.78, 5) is 5.31. The van der Waals surface area contributed by atoms with Gasteiger partial charge in [0.25, 0.3) is 0 Å². The molecule has 0 atom stereocenters. The molecular weight excluding hydrogens is 761 g/mol. The van der Waals surface area contributed by atoms with Crippen LogP contribution in [0.1, 0.15) is 0 Å². The summed E-state index contributed by atoms with van der Waals surface area (Å²) < 4.78 is 8.91. The molecule has 0 saturated heterocycles. The second kappa shape index (κ2) is 13.8. The number of hydrogen-bond donors (Lipinski definition) is 5. The van der Waals surface area contributed by atoms with Crippen molar-refractivity contribution in [3.05, 3.63) is 176 Å². The molecule has 292 valence electrons. The van der Waals surface area contributed by atoms with Gasteiger partial charge in [0.1, 0.15) is 11.2 Å². The number of fused-ring (bicyclic) bond motifs is 6. The van der Waals surface area contributed by atoms with E-state index in [-0.39, 0.29) is 5.56 Å². The van der Waals surface area contributed by atoms with Gasteiger partial charge in [-0.05, 0) is 70.8 Å². The van der Waals surface area contributed by atoms with Gasteiger partial charge < -0.3 is 34.5 Å². The molecule has 11 rings (SSSR count). The van der Waals surface area contributed by atoms with Crippen molar-refractivity contribution < 1.29 is 29.9 Å². The highest BCUT2D eigenvalue weighted by Gasteiger charge is 2.28. The van der Waals surface area contributed by atoms with E-state index >= 15 is 0 Å². The van der Waals surface area contributed by atoms with Crippen molar-refractivity contribution >= 4 is 43.7 Å². The Kier molecular flexibility index (Phi) is 8.08. The molecule has 0 saturated carbocycles. The predicted octanol–water partition coefficient (Wildman–Crippen LogP) is 12.9. The van der Waals surface area contributed by atoms with Crippen LogP contribution in [0.25, 0.3) is 105 Å². The van der Waals surface area contributed by atoms with Crippen LogP contribution in [0, 0.1) is 0 Å². The van der Waals surface area contributed by atoms with Crippen LogP contribution in [-0.4, -0.2) is 35.1 Å². The van der Waals surface area contributed by atoms with Crippen LogP contribution in [0.2, 0.25) is 0 Å². The quantitative estimate of drug-likeness (QED) is 0.0836. The zero-order chi connectivity index (χ0) is 41.4. The van der Waals surface area contributed by atoms with E-state index in [1.54, 1.807) is 6.07 Å². The standard InChI is InChI=1S/C53H34N2O6/c56-49-45(50(57)52(59)53(60)51(49)58)34-26-37(31-16-6-2-7-17-31)48-38(27-34)35-20-10-11-22-41(35)55(48)42-23-13-25-44-47(42)46-36(21-12-24-43(46)61-44)40-29-33(30-14-4-1-5-15-30)28-39(54-40)32-18-8-3-9-19-32/h1-29,56-60H. The van der Waals surface area contributed by atoms with Crippen LogP contribution in [-0.2, 0) is 0 Å². The summed E-state index contributed by atoms with van der Waals surface area (Å²) in [6.45, 7) is 0. The first kappa shape index (κ1) is 35.7. The van der Waals surface area contributed by atoms with Crippen LogP contribution in [0.5, 0.6) is 28.7 Å². The average Bonchev–Trinajstić information content (AvgIpc) is 3.87. The van der Waals surface area contributed by atoms with E-state index in [1.807, 2.05) is 115 Å². The van der Waals surface area contributed by atoms with Crippen LogP contribution < -0.4 is 0 Å². The number of para-hydroxylation sites is 1. The minimum Gasteiger partial charge on any atom is -0.504 e. The fourth-order valence-electron chi connectivity index (χ4n) is 8.76. The van der Waals surface area contributed by atoms with Gasteiger partial charge in [-0.15, -0.1) is 0 Å². The third-order valence-electron chi connectivity index (χ3n) is 11.5. The monoisotopic (exact) mass is 794 g/mol. The van der Waals surface area contributed by atoms with Crippen LogP contribution in [0.15, 0.2) is 180 Å². The second-order valence-electron chi connectivity index (χ2n) is 15.0. The number of nitrogens with zero attached hydrogens (tertiary/aromatic N) is 2. The highest BCUT2D eigenvalue weighted by molar-refractivity contribution is 6.20. The first-order chi connectivity index (χ1) is 29.9. The lowest BCUT2D eigenvalue weighted by Gasteiger charge is -2.17. The smallest absolute Gasteiger partial charge is 0.208 e. The lowest BCUT2D eigenvalue weighted by molar-refractivity contribution is 0.330. The zero-order valence-corrected chi connectivity index (χ0v) is 32.3. The number of phenolic OH excluding ortho intramolecular Hbond substituents is 5. The molecule has 0 fully saturated rings. The predicted molar refractivity (Wildman–Crippen MR) is 241 cm³/mol. The van der Waals surface area contributed by atoms with Crippen molar-refractivity contribution in [1.82, 2.24) is 9.55 Å². The molecule has 3 aromatic heterocycles. The average molecular weight is 795 g/mol. The van der Waals surface area contributed by atoms with Gasteiger partial charge in [0.05, 0.1) is 39.1 Å². The first-order valence-corrected chi connectivity index (χ1v) is 19.8. The van der Waals surface area contributed by atoms with Crippen molar-refractivity contribution in [2.24, 2.45) is 0 Å². The summed E-state index contributed by atoms with van der Waals surface area (Å²) in [6, 6.07) is 58.2. The number of hydrogen-bond acceptors (Lipinski definition) is 7. The molecule has 0 radical (unpaired) electrons. The fourth-order valence-corrected chi connectivity index (χ4v) is 8.76. The Hall–Kier alpha value is -8.49. The largest absolute Gasteiger partial charge is 0.504 e. The van der Waals surface area contributed by atoms with E-state index in [9.17, 15) is 25.5 Å². The zero-order valence-electron chi connectivity index (χ0n) is 32.3. The van der Waals surface area contributed by atoms with Crippen LogP contribution in [0.4, 0.5) is 0 Å². The van der Waals surface area contributed by atoms with E-state index in [0.717, 1.165) is 83.0 Å². The van der Waals surface area contributed by atoms with E-state index < -0.39 is 28.7 Å². The normalized spacial score (nSPS) is 11.6. The van der Waals surface area contributed by atoms with Gasteiger partial charge in [-0.1, -0.05) is 127 Å². The third kappa shape index (κ3) is 5.57. The molecule has 61 heavy (non-hydrogen) atoms. The topological polar surface area (TPSA) is 132 Å². The van der Waals surface area contributed by atoms with Gasteiger partial charge in [0, 0.05) is 32.8 Å². The van der Waals surface area contributed by atoms with Crippen LogP contribution in [0.3, 0.4) is 0 Å². The molecule has 3 heterocycles. The molecule has 8 heteroatoms. The van der Waals surface area contributed by atoms with Crippen molar-refractivity contribution in [3.8, 4) is 90.3 Å². The summed E-state index contributed by atoms with van der Waals surface area (Å²) in [5.41, 5.74) is 11.3. The van der Waals surface area contributed by atoms with Crippen LogP contribution >= 0.6 is 0 Å². The molecule has 0 unspecified atom stereocenters. The molecule has 0 amide bonds. The first-order valence-electron chi connectivity index (χ1n) is 19.8. The van der Waals surface area contributed by atoms with Crippen molar-refractivity contribution in [2.45, 2.75) is 0 Å². The number of aromatic nitrogens is 2. The maximum atomic E-state index is 11.1. The molecule has 0 spiro atoms. The van der Waals surface area contributed by atoms with Gasteiger partial charge in [-0.3, -0.25) is 0 Å². The van der Waals surface area contributed by atoms with Crippen molar-refractivity contribution in [2.75, 3.05) is 0 Å². The molecule has 11 aromatic rings. The second-order valence-corrected chi connectivity index (χ2v) is 15.0. The van der Waals surface area contributed by atoms with Gasteiger partial charge in [0.2, 0.25) is 17.2 Å². The number of furan rings is 1. The molecule has 5 N–H and O–H groups in total. The molecule has 0 aliphatic rings. The molecule has 8 nitrogen and oxygen atoms in total. The van der Waals surface area contributed by atoms with E-state index in [2.05, 4.69) is 59.2 Å². The lowest BCUT2D eigenvalue weighted by atomic mass is 9.94. The Morgan fingerprint density at radius 3 is 1.67 bits per heavy atom. The summed E-state index contributed by atoms with van der Waals surface area (Å²) in [5, 5.41) is 57.2. The maximum absolute atomic E-state index is 11.1. The minimum absolute atomic E-state index is 0.226. The Labute approximate surface area is 348 Å². The Bertz CT molecular complexity index is 3430. The number of benzene rings is 8. The lowest BCUT2D eigenvalue weighted by Crippen LogP contribution is -1.97. The highest BCUT2D eigenvalue weighted by Crippen LogP contribution is 2.56. The highest BCUT2D eigenvalue weighted by atomic mass is 16.4. The van der Waals surface area contributed by atoms with Gasteiger partial charge >= 0.3 is 0 Å². The Morgan fingerprint density at radius 1 is 0.393 bits per heavy atom. The number of phenols is 5. The number of rotatable bonds is 6. The minimum atomic E-state index is -1.02. The van der Waals surface area contributed by atoms with E-state index in [4.69, 9.17) is 9.40 Å². The molecule has 0 bridgehead atoms. The number of pyridine rings is 1. The number of aromatic hydroxyl groups is 5.